The van der Waals surface area contributed by atoms with Crippen molar-refractivity contribution in [1.82, 2.24) is 0 Å². The van der Waals surface area contributed by atoms with Gasteiger partial charge in [0.25, 0.3) is 0 Å². The van der Waals surface area contributed by atoms with Crippen LogP contribution in [0.4, 0.5) is 0 Å². The highest BCUT2D eigenvalue weighted by atomic mass is 16.8. The molecule has 0 amide bonds. The van der Waals surface area contributed by atoms with Gasteiger partial charge in [-0.25, -0.2) is 0 Å². The van der Waals surface area contributed by atoms with Crippen LogP contribution in [-0.2, 0) is 23.7 Å². The van der Waals surface area contributed by atoms with E-state index < -0.39 is 80.6 Å². The minimum atomic E-state index is -2.28. The van der Waals surface area contributed by atoms with Crippen molar-refractivity contribution in [2.75, 3.05) is 19.8 Å². The molecule has 12 nitrogen and oxygen atoms in total. The van der Waals surface area contributed by atoms with Gasteiger partial charge in [-0.1, -0.05) is 26.7 Å². The van der Waals surface area contributed by atoms with Crippen LogP contribution in [0.25, 0.3) is 0 Å². The Morgan fingerprint density at radius 1 is 0.969 bits per heavy atom. The first-order valence-corrected chi connectivity index (χ1v) is 10.9. The summed E-state index contributed by atoms with van der Waals surface area (Å²) in [6.07, 6.45) is -10.4. The van der Waals surface area contributed by atoms with Crippen molar-refractivity contribution >= 4 is 5.97 Å². The van der Waals surface area contributed by atoms with E-state index in [1.807, 2.05) is 0 Å². The fourth-order valence-electron chi connectivity index (χ4n) is 3.78. The predicted octanol–water partition coefficient (Wildman–Crippen LogP) is -2.63. The maximum Gasteiger partial charge on any atom is 0.306 e. The molecule has 2 saturated heterocycles. The first kappa shape index (κ1) is 27.3. The molecule has 0 bridgehead atoms. The smallest absolute Gasteiger partial charge is 0.306 e. The first-order chi connectivity index (χ1) is 15.1. The van der Waals surface area contributed by atoms with Gasteiger partial charge in [0.1, 0.15) is 43.2 Å². The zero-order chi connectivity index (χ0) is 24.1. The molecule has 2 heterocycles. The largest absolute Gasteiger partial charge is 0.454 e. The summed E-state index contributed by atoms with van der Waals surface area (Å²) in [5.41, 5.74) is 0. The quantitative estimate of drug-likeness (QED) is 0.123. The number of unbranched alkanes of at least 4 members (excludes halogenated alkanes) is 1. The van der Waals surface area contributed by atoms with E-state index in [-0.39, 0.29) is 6.42 Å². The number of aliphatic hydroxyl groups excluding tert-OH is 7. The first-order valence-electron chi connectivity index (χ1n) is 10.9. The molecule has 12 heteroatoms. The zero-order valence-electron chi connectivity index (χ0n) is 18.3. The molecule has 0 saturated carbocycles. The summed E-state index contributed by atoms with van der Waals surface area (Å²) in [5.74, 6) is -2.49. The predicted molar refractivity (Wildman–Crippen MR) is 106 cm³/mol. The Labute approximate surface area is 186 Å². The minimum absolute atomic E-state index is 0.0394. The highest BCUT2D eigenvalue weighted by Crippen LogP contribution is 2.36. The Morgan fingerprint density at radius 2 is 1.62 bits per heavy atom. The maximum absolute atomic E-state index is 12.3. The SMILES string of the molecule is CC(C)CCCCC(=O)O[C@H]1[C@@H](O[C@]2(CO)O[C@H](CO)[C@@H](O)[C@@H]2O)O[C@H](CO)[C@@H](O)[C@@H]1O. The second kappa shape index (κ2) is 12.0. The Hall–Kier alpha value is -0.930. The van der Waals surface area contributed by atoms with Gasteiger partial charge in [-0.2, -0.15) is 0 Å². The normalized spacial score (nSPS) is 40.1. The van der Waals surface area contributed by atoms with E-state index in [9.17, 15) is 40.5 Å². The number of carbonyl (C=O) groups excluding carboxylic acids is 1. The van der Waals surface area contributed by atoms with Crippen LogP contribution in [0, 0.1) is 5.92 Å². The van der Waals surface area contributed by atoms with Crippen LogP contribution >= 0.6 is 0 Å². The minimum Gasteiger partial charge on any atom is -0.454 e. The molecule has 2 aliphatic heterocycles. The summed E-state index contributed by atoms with van der Waals surface area (Å²) in [7, 11) is 0. The van der Waals surface area contributed by atoms with Crippen molar-refractivity contribution in [3.63, 3.8) is 0 Å². The summed E-state index contributed by atoms with van der Waals surface area (Å²) in [6.45, 7) is 1.73. The molecule has 32 heavy (non-hydrogen) atoms. The Kier molecular flexibility index (Phi) is 10.2. The molecule has 0 aliphatic carbocycles. The second-order valence-corrected chi connectivity index (χ2v) is 8.66. The zero-order valence-corrected chi connectivity index (χ0v) is 18.3. The van der Waals surface area contributed by atoms with E-state index in [0.717, 1.165) is 12.8 Å². The van der Waals surface area contributed by atoms with Crippen molar-refractivity contribution in [1.29, 1.82) is 0 Å². The average Bonchev–Trinajstić information content (AvgIpc) is 3.01. The lowest BCUT2D eigenvalue weighted by molar-refractivity contribution is -0.384. The summed E-state index contributed by atoms with van der Waals surface area (Å²) in [4.78, 5) is 12.3. The number of carbonyl (C=O) groups is 1. The third-order valence-electron chi connectivity index (χ3n) is 5.73. The van der Waals surface area contributed by atoms with Crippen LogP contribution < -0.4 is 0 Å². The second-order valence-electron chi connectivity index (χ2n) is 8.66. The molecular weight excluding hydrogens is 432 g/mol. The van der Waals surface area contributed by atoms with Crippen LogP contribution in [0.5, 0.6) is 0 Å². The topological polar surface area (TPSA) is 196 Å². The molecule has 0 spiro atoms. The Balaban J connectivity index is 2.15. The van der Waals surface area contributed by atoms with E-state index in [2.05, 4.69) is 13.8 Å². The summed E-state index contributed by atoms with van der Waals surface area (Å²) in [6, 6.07) is 0. The molecule has 188 valence electrons. The summed E-state index contributed by atoms with van der Waals surface area (Å²) in [5, 5.41) is 69.6. The number of rotatable bonds is 11. The number of hydrogen-bond acceptors (Lipinski definition) is 12. The van der Waals surface area contributed by atoms with Crippen molar-refractivity contribution in [3.8, 4) is 0 Å². The van der Waals surface area contributed by atoms with E-state index in [0.29, 0.717) is 12.3 Å². The van der Waals surface area contributed by atoms with Gasteiger partial charge in [-0.05, 0) is 12.3 Å². The molecule has 2 aliphatic rings. The monoisotopic (exact) mass is 468 g/mol. The molecule has 9 atom stereocenters. The van der Waals surface area contributed by atoms with E-state index in [1.54, 1.807) is 0 Å². The standard InChI is InChI=1S/C20H36O12/c1-10(2)5-3-4-6-13(24)30-17-16(27)14(25)11(7-21)29-19(17)32-20(9-23)18(28)15(26)12(8-22)31-20/h10-12,14-19,21-23,25-28H,3-9H2,1-2H3/t11-,12-,14-,15-,16+,17-,18+,19-,20+/m1/s1. The number of aliphatic hydroxyl groups is 7. The highest BCUT2D eigenvalue weighted by Gasteiger charge is 2.59. The van der Waals surface area contributed by atoms with Crippen LogP contribution in [-0.4, -0.2) is 116 Å². The molecule has 0 aromatic heterocycles. The van der Waals surface area contributed by atoms with Crippen LogP contribution in [0.3, 0.4) is 0 Å². The third kappa shape index (κ3) is 6.14. The molecule has 0 aromatic rings. The fourth-order valence-corrected chi connectivity index (χ4v) is 3.78. The molecule has 2 fully saturated rings. The Morgan fingerprint density at radius 3 is 2.16 bits per heavy atom. The molecule has 7 N–H and O–H groups in total. The van der Waals surface area contributed by atoms with E-state index >= 15 is 0 Å². The van der Waals surface area contributed by atoms with Gasteiger partial charge in [0.05, 0.1) is 13.2 Å². The number of ether oxygens (including phenoxy) is 4. The van der Waals surface area contributed by atoms with Crippen LogP contribution in [0.15, 0.2) is 0 Å². The van der Waals surface area contributed by atoms with Gasteiger partial charge in [0.15, 0.2) is 6.10 Å². The third-order valence-corrected chi connectivity index (χ3v) is 5.73. The van der Waals surface area contributed by atoms with Gasteiger partial charge in [-0.3, -0.25) is 4.79 Å². The molecule has 0 aromatic carbocycles. The lowest BCUT2D eigenvalue weighted by Gasteiger charge is -2.44. The van der Waals surface area contributed by atoms with E-state index in [1.165, 1.54) is 0 Å². The van der Waals surface area contributed by atoms with Gasteiger partial charge in [0.2, 0.25) is 12.1 Å². The van der Waals surface area contributed by atoms with Gasteiger partial charge >= 0.3 is 5.97 Å². The highest BCUT2D eigenvalue weighted by molar-refractivity contribution is 5.69. The summed E-state index contributed by atoms with van der Waals surface area (Å²) < 4.78 is 21.6. The fraction of sp³-hybridized carbons (Fsp3) is 0.950. The van der Waals surface area contributed by atoms with Crippen molar-refractivity contribution in [3.05, 3.63) is 0 Å². The Bertz CT molecular complexity index is 589. The number of hydrogen-bond donors (Lipinski definition) is 7. The molecule has 2 rings (SSSR count). The number of esters is 1. The van der Waals surface area contributed by atoms with Crippen molar-refractivity contribution in [2.24, 2.45) is 5.92 Å². The maximum atomic E-state index is 12.3. The van der Waals surface area contributed by atoms with Crippen LogP contribution in [0.1, 0.15) is 39.5 Å². The lowest BCUT2D eigenvalue weighted by atomic mass is 9.98. The lowest BCUT2D eigenvalue weighted by Crippen LogP contribution is -2.63. The van der Waals surface area contributed by atoms with Crippen LogP contribution in [0.2, 0.25) is 0 Å². The van der Waals surface area contributed by atoms with Gasteiger partial charge < -0.3 is 54.7 Å². The summed E-state index contributed by atoms with van der Waals surface area (Å²) >= 11 is 0. The average molecular weight is 468 g/mol. The van der Waals surface area contributed by atoms with Gasteiger partial charge in [-0.15, -0.1) is 0 Å². The molecular formula is C20H36O12. The van der Waals surface area contributed by atoms with Crippen molar-refractivity contribution < 1.29 is 59.5 Å². The van der Waals surface area contributed by atoms with Gasteiger partial charge in [0, 0.05) is 6.42 Å². The van der Waals surface area contributed by atoms with Crippen molar-refractivity contribution in [2.45, 2.75) is 94.3 Å². The molecule has 0 unspecified atom stereocenters. The van der Waals surface area contributed by atoms with E-state index in [4.69, 9.17) is 18.9 Å². The molecule has 0 radical (unpaired) electrons.